The molecule has 3 aromatic rings. The van der Waals surface area contributed by atoms with Crippen molar-refractivity contribution in [2.75, 3.05) is 11.5 Å². The first-order valence-electron chi connectivity index (χ1n) is 9.29. The molecular weight excluding hydrogens is 429 g/mol. The lowest BCUT2D eigenvalue weighted by Gasteiger charge is -2.23. The second-order valence-electron chi connectivity index (χ2n) is 6.52. The smallest absolute Gasteiger partial charge is 0.484 e. The zero-order chi connectivity index (χ0) is 23.1. The highest BCUT2D eigenvalue weighted by molar-refractivity contribution is 5.96. The van der Waals surface area contributed by atoms with Gasteiger partial charge >= 0.3 is 6.36 Å². The van der Waals surface area contributed by atoms with Gasteiger partial charge in [0.05, 0.1) is 11.5 Å². The molecule has 0 unspecified atom stereocenters. The van der Waals surface area contributed by atoms with Crippen molar-refractivity contribution < 1.29 is 32.4 Å². The molecule has 0 heterocycles. The predicted molar refractivity (Wildman–Crippen MR) is 109 cm³/mol. The molecule has 3 rings (SSSR count). The first-order chi connectivity index (χ1) is 15.2. The van der Waals surface area contributed by atoms with Crippen LogP contribution in [-0.4, -0.2) is 23.8 Å². The van der Waals surface area contributed by atoms with Gasteiger partial charge in [0.25, 0.3) is 11.6 Å². The molecule has 0 saturated carbocycles. The molecular formula is C22H17F3N2O5. The maximum Gasteiger partial charge on any atom is 0.573 e. The van der Waals surface area contributed by atoms with Crippen LogP contribution in [0.1, 0.15) is 5.56 Å². The standard InChI is InChI=1S/C22H17F3N2O5/c23-22(24,25)32-18-12-10-16(11-13-18)14-26(19-8-4-5-9-20(19)27(29)30)21(28)15-31-17-6-2-1-3-7-17/h1-13H,14-15H2. The number of alkyl halides is 3. The number of halogens is 3. The molecule has 0 saturated heterocycles. The Morgan fingerprint density at radius 1 is 0.906 bits per heavy atom. The van der Waals surface area contributed by atoms with Crippen LogP contribution in [-0.2, 0) is 11.3 Å². The van der Waals surface area contributed by atoms with Crippen LogP contribution in [0.15, 0.2) is 78.9 Å². The van der Waals surface area contributed by atoms with Gasteiger partial charge in [-0.25, -0.2) is 0 Å². The minimum absolute atomic E-state index is 0.0368. The van der Waals surface area contributed by atoms with Gasteiger partial charge < -0.3 is 9.47 Å². The highest BCUT2D eigenvalue weighted by Crippen LogP contribution is 2.30. The first kappa shape index (κ1) is 22.6. The highest BCUT2D eigenvalue weighted by atomic mass is 19.4. The number of anilines is 1. The number of nitro groups is 1. The van der Waals surface area contributed by atoms with E-state index in [2.05, 4.69) is 4.74 Å². The van der Waals surface area contributed by atoms with Crippen LogP contribution in [0.5, 0.6) is 11.5 Å². The molecule has 0 aliphatic heterocycles. The Hall–Kier alpha value is -4.08. The summed E-state index contributed by atoms with van der Waals surface area (Å²) in [5.41, 5.74) is 0.179. The Kier molecular flexibility index (Phi) is 6.93. The Bertz CT molecular complexity index is 1070. The van der Waals surface area contributed by atoms with Crippen molar-refractivity contribution >= 4 is 17.3 Å². The minimum Gasteiger partial charge on any atom is -0.484 e. The molecule has 0 aliphatic carbocycles. The Morgan fingerprint density at radius 3 is 2.16 bits per heavy atom. The fourth-order valence-electron chi connectivity index (χ4n) is 2.87. The molecule has 7 nitrogen and oxygen atoms in total. The molecule has 0 spiro atoms. The van der Waals surface area contributed by atoms with E-state index in [1.165, 1.54) is 30.3 Å². The van der Waals surface area contributed by atoms with Gasteiger partial charge in [0, 0.05) is 6.07 Å². The lowest BCUT2D eigenvalue weighted by atomic mass is 10.1. The summed E-state index contributed by atoms with van der Waals surface area (Å²) < 4.78 is 46.4. The molecule has 0 aliphatic rings. The van der Waals surface area contributed by atoms with Crippen molar-refractivity contribution in [1.82, 2.24) is 0 Å². The SMILES string of the molecule is O=C(COc1ccccc1)N(Cc1ccc(OC(F)(F)F)cc1)c1ccccc1[N+](=O)[O-]. The number of carbonyl (C=O) groups is 1. The number of ether oxygens (including phenoxy) is 2. The average Bonchev–Trinajstić information content (AvgIpc) is 2.76. The Balaban J connectivity index is 1.85. The number of nitro benzene ring substituents is 1. The van der Waals surface area contributed by atoms with Crippen molar-refractivity contribution in [1.29, 1.82) is 0 Å². The quantitative estimate of drug-likeness (QED) is 0.355. The van der Waals surface area contributed by atoms with Crippen LogP contribution >= 0.6 is 0 Å². The third kappa shape index (κ3) is 6.21. The summed E-state index contributed by atoms with van der Waals surface area (Å²) in [4.78, 5) is 25.0. The van der Waals surface area contributed by atoms with Gasteiger partial charge in [0.2, 0.25) is 0 Å². The molecule has 0 atom stereocenters. The molecule has 32 heavy (non-hydrogen) atoms. The van der Waals surface area contributed by atoms with Crippen molar-refractivity contribution in [3.05, 3.63) is 94.5 Å². The summed E-state index contributed by atoms with van der Waals surface area (Å²) in [7, 11) is 0. The van der Waals surface area contributed by atoms with Crippen LogP contribution in [0.3, 0.4) is 0 Å². The predicted octanol–water partition coefficient (Wildman–Crippen LogP) is 5.11. The van der Waals surface area contributed by atoms with Crippen molar-refractivity contribution in [3.63, 3.8) is 0 Å². The zero-order valence-electron chi connectivity index (χ0n) is 16.5. The van der Waals surface area contributed by atoms with Crippen molar-refractivity contribution in [3.8, 4) is 11.5 Å². The molecule has 0 N–H and O–H groups in total. The largest absolute Gasteiger partial charge is 0.573 e. The lowest BCUT2D eigenvalue weighted by Crippen LogP contribution is -2.35. The fourth-order valence-corrected chi connectivity index (χ4v) is 2.87. The van der Waals surface area contributed by atoms with E-state index in [4.69, 9.17) is 4.74 Å². The third-order valence-electron chi connectivity index (χ3n) is 4.27. The first-order valence-corrected chi connectivity index (χ1v) is 9.29. The van der Waals surface area contributed by atoms with Gasteiger partial charge in [-0.3, -0.25) is 19.8 Å². The molecule has 0 fully saturated rings. The van der Waals surface area contributed by atoms with Crippen LogP contribution in [0, 0.1) is 10.1 Å². The maximum absolute atomic E-state index is 13.0. The molecule has 0 bridgehead atoms. The molecule has 10 heteroatoms. The van der Waals surface area contributed by atoms with Gasteiger partial charge in [0.15, 0.2) is 6.61 Å². The summed E-state index contributed by atoms with van der Waals surface area (Å²) in [6, 6.07) is 19.1. The Labute approximate surface area is 180 Å². The lowest BCUT2D eigenvalue weighted by molar-refractivity contribution is -0.384. The monoisotopic (exact) mass is 446 g/mol. The minimum atomic E-state index is -4.83. The number of rotatable bonds is 8. The molecule has 0 aromatic heterocycles. The van der Waals surface area contributed by atoms with Gasteiger partial charge in [-0.2, -0.15) is 0 Å². The number of benzene rings is 3. The number of amides is 1. The maximum atomic E-state index is 13.0. The van der Waals surface area contributed by atoms with E-state index in [0.29, 0.717) is 11.3 Å². The van der Waals surface area contributed by atoms with Gasteiger partial charge in [-0.15, -0.1) is 13.2 Å². The van der Waals surface area contributed by atoms with Gasteiger partial charge in [0.1, 0.15) is 17.2 Å². The number of para-hydroxylation sites is 3. The van der Waals surface area contributed by atoms with E-state index in [0.717, 1.165) is 17.0 Å². The van der Waals surface area contributed by atoms with Crippen molar-refractivity contribution in [2.24, 2.45) is 0 Å². The second kappa shape index (κ2) is 9.82. The molecule has 1 amide bonds. The van der Waals surface area contributed by atoms with E-state index in [9.17, 15) is 28.1 Å². The second-order valence-corrected chi connectivity index (χ2v) is 6.52. The third-order valence-corrected chi connectivity index (χ3v) is 4.27. The molecule has 166 valence electrons. The summed E-state index contributed by atoms with van der Waals surface area (Å²) >= 11 is 0. The van der Waals surface area contributed by atoms with E-state index in [1.54, 1.807) is 36.4 Å². The topological polar surface area (TPSA) is 81.9 Å². The van der Waals surface area contributed by atoms with E-state index < -0.39 is 29.5 Å². The van der Waals surface area contributed by atoms with E-state index >= 15 is 0 Å². The molecule has 0 radical (unpaired) electrons. The van der Waals surface area contributed by atoms with Crippen LogP contribution < -0.4 is 14.4 Å². The van der Waals surface area contributed by atoms with Gasteiger partial charge in [-0.05, 0) is 35.9 Å². The summed E-state index contributed by atoms with van der Waals surface area (Å²) in [6.45, 7) is -0.528. The summed E-state index contributed by atoms with van der Waals surface area (Å²) in [6.07, 6.45) is -4.83. The van der Waals surface area contributed by atoms with Crippen molar-refractivity contribution in [2.45, 2.75) is 12.9 Å². The highest BCUT2D eigenvalue weighted by Gasteiger charge is 2.31. The van der Waals surface area contributed by atoms with E-state index in [-0.39, 0.29) is 17.9 Å². The summed E-state index contributed by atoms with van der Waals surface area (Å²) in [5, 5.41) is 11.5. The normalized spacial score (nSPS) is 11.0. The number of carbonyl (C=O) groups excluding carboxylic acids is 1. The average molecular weight is 446 g/mol. The number of nitrogens with zero attached hydrogens (tertiary/aromatic N) is 2. The number of hydrogen-bond acceptors (Lipinski definition) is 5. The van der Waals surface area contributed by atoms with Gasteiger partial charge in [-0.1, -0.05) is 42.5 Å². The van der Waals surface area contributed by atoms with Crippen LogP contribution in [0.4, 0.5) is 24.5 Å². The van der Waals surface area contributed by atoms with Crippen LogP contribution in [0.25, 0.3) is 0 Å². The summed E-state index contributed by atoms with van der Waals surface area (Å²) in [5.74, 6) is -0.548. The fraction of sp³-hybridized carbons (Fsp3) is 0.136. The molecule has 3 aromatic carbocycles. The zero-order valence-corrected chi connectivity index (χ0v) is 16.5. The van der Waals surface area contributed by atoms with Crippen LogP contribution in [0.2, 0.25) is 0 Å². The van der Waals surface area contributed by atoms with E-state index in [1.807, 2.05) is 0 Å². The Morgan fingerprint density at radius 2 is 1.53 bits per heavy atom. The number of hydrogen-bond donors (Lipinski definition) is 0.